The van der Waals surface area contributed by atoms with Crippen molar-refractivity contribution in [2.45, 2.75) is 31.8 Å². The lowest BCUT2D eigenvalue weighted by atomic mass is 9.89. The smallest absolute Gasteiger partial charge is 0.434 e. The van der Waals surface area contributed by atoms with Crippen LogP contribution >= 0.6 is 0 Å². The van der Waals surface area contributed by atoms with Crippen LogP contribution in [-0.2, 0) is 25.5 Å². The first-order valence-electron chi connectivity index (χ1n) is 12.3. The number of ether oxygens (including phenoxy) is 1. The molecule has 0 saturated carbocycles. The molecule has 4 aliphatic heterocycles. The molecule has 5 rings (SSSR count). The third-order valence-corrected chi connectivity index (χ3v) is 6.74. The van der Waals surface area contributed by atoms with Crippen LogP contribution in [0.3, 0.4) is 0 Å². The number of hydrogen-bond donors (Lipinski definition) is 2. The number of halogens is 1. The Labute approximate surface area is 217 Å². The van der Waals surface area contributed by atoms with Crippen molar-refractivity contribution in [1.82, 2.24) is 10.2 Å². The van der Waals surface area contributed by atoms with Crippen molar-refractivity contribution in [2.24, 2.45) is 4.99 Å². The number of hydrogen-bond acceptors (Lipinski definition) is 6. The Morgan fingerprint density at radius 2 is 1.97 bits per heavy atom. The zero-order chi connectivity index (χ0) is 26.8. The lowest BCUT2D eigenvalue weighted by Gasteiger charge is -2.32. The summed E-state index contributed by atoms with van der Waals surface area (Å²) in [5, 5.41) is 13.4. The highest BCUT2D eigenvalue weighted by atomic mass is 19.1. The molecule has 11 heteroatoms. The van der Waals surface area contributed by atoms with Gasteiger partial charge in [-0.25, -0.2) is 20.7 Å². The van der Waals surface area contributed by atoms with Crippen LogP contribution in [0, 0.1) is 12.4 Å². The maximum atomic E-state index is 13.5. The molecule has 0 bridgehead atoms. The number of aliphatic hydroxyl groups excluding tert-OH is 1. The summed E-state index contributed by atoms with van der Waals surface area (Å²) in [4.78, 5) is 48.9. The van der Waals surface area contributed by atoms with Crippen LogP contribution in [0.25, 0.3) is 4.85 Å². The Morgan fingerprint density at radius 3 is 2.68 bits per heavy atom. The number of aliphatic hydroxyl groups is 1. The number of nitrogens with zero attached hydrogens (tertiary/aromatic N) is 4. The van der Waals surface area contributed by atoms with Gasteiger partial charge in [-0.3, -0.25) is 9.59 Å². The van der Waals surface area contributed by atoms with Gasteiger partial charge in [0.05, 0.1) is 6.54 Å². The molecule has 1 aromatic carbocycles. The first-order chi connectivity index (χ1) is 18.4. The van der Waals surface area contributed by atoms with Crippen molar-refractivity contribution in [3.8, 4) is 0 Å². The van der Waals surface area contributed by atoms with Crippen LogP contribution in [-0.4, -0.2) is 76.0 Å². The minimum atomic E-state index is -0.945. The van der Waals surface area contributed by atoms with Gasteiger partial charge in [-0.05, 0) is 43.4 Å². The molecule has 0 aliphatic carbocycles. The van der Waals surface area contributed by atoms with E-state index in [1.807, 2.05) is 0 Å². The summed E-state index contributed by atoms with van der Waals surface area (Å²) in [7, 11) is 0. The monoisotopic (exact) mass is 518 g/mol. The van der Waals surface area contributed by atoms with Crippen molar-refractivity contribution in [3.63, 3.8) is 0 Å². The molecule has 3 amide bonds. The quantitative estimate of drug-likeness (QED) is 0.258. The highest BCUT2D eigenvalue weighted by Gasteiger charge is 2.52. The Balaban J connectivity index is 1.56. The van der Waals surface area contributed by atoms with E-state index >= 15 is 0 Å². The first-order valence-corrected chi connectivity index (χ1v) is 12.3. The number of carbonyl (C=O) groups excluding carboxylic acids is 3. The van der Waals surface area contributed by atoms with E-state index in [9.17, 15) is 23.9 Å². The van der Waals surface area contributed by atoms with Crippen molar-refractivity contribution < 1.29 is 33.2 Å². The number of benzene rings is 1. The second-order valence-corrected chi connectivity index (χ2v) is 9.25. The Bertz CT molecular complexity index is 1410. The molecule has 38 heavy (non-hydrogen) atoms. The summed E-state index contributed by atoms with van der Waals surface area (Å²) in [6.45, 7) is 8.01. The predicted octanol–water partition coefficient (Wildman–Crippen LogP) is 1.80. The molecule has 1 fully saturated rings. The topological polar surface area (TPSA) is 116 Å². The van der Waals surface area contributed by atoms with E-state index in [2.05, 4.69) is 15.2 Å². The number of carbonyl (C=O) groups is 3. The zero-order valence-electron chi connectivity index (χ0n) is 20.4. The first kappa shape index (κ1) is 25.1. The van der Waals surface area contributed by atoms with Crippen LogP contribution in [0.1, 0.15) is 24.8 Å². The number of rotatable bonds is 6. The van der Waals surface area contributed by atoms with E-state index in [1.54, 1.807) is 17.0 Å². The minimum absolute atomic E-state index is 0.00255. The van der Waals surface area contributed by atoms with E-state index in [1.165, 1.54) is 24.5 Å². The molecule has 1 saturated heterocycles. The fourth-order valence-electron chi connectivity index (χ4n) is 4.84. The van der Waals surface area contributed by atoms with Gasteiger partial charge >= 0.3 is 5.91 Å². The van der Waals surface area contributed by atoms with Crippen LogP contribution in [0.4, 0.5) is 4.39 Å². The second kappa shape index (κ2) is 10.4. The van der Waals surface area contributed by atoms with Crippen molar-refractivity contribution in [1.29, 1.82) is 0 Å². The van der Waals surface area contributed by atoms with Crippen LogP contribution in [0.2, 0.25) is 0 Å². The van der Waals surface area contributed by atoms with Crippen LogP contribution in [0.15, 0.2) is 64.3 Å². The molecule has 1 unspecified atom stereocenters. The summed E-state index contributed by atoms with van der Waals surface area (Å²) in [6, 6.07) is 5.89. The lowest BCUT2D eigenvalue weighted by molar-refractivity contribution is -0.385. The molecule has 2 N–H and O–H groups in total. The fraction of sp³-hybridized carbons (Fsp3) is 0.333. The van der Waals surface area contributed by atoms with E-state index in [-0.39, 0.29) is 48.4 Å². The molecular weight excluding hydrogens is 493 g/mol. The summed E-state index contributed by atoms with van der Waals surface area (Å²) in [6.07, 6.45) is 4.81. The number of likely N-dealkylation sites (tertiary alicyclic amines) is 1. The number of amides is 3. The number of aliphatic imine (C=N–C) groups is 1. The van der Waals surface area contributed by atoms with Crippen molar-refractivity contribution in [3.05, 3.63) is 82.1 Å². The van der Waals surface area contributed by atoms with Crippen molar-refractivity contribution >= 4 is 29.1 Å². The van der Waals surface area contributed by atoms with E-state index in [0.717, 1.165) is 29.4 Å². The number of nitrogens with one attached hydrogen (secondary N) is 1. The van der Waals surface area contributed by atoms with Gasteiger partial charge in [0, 0.05) is 24.9 Å². The number of piperidine rings is 1. The molecule has 0 spiro atoms. The SMILES string of the molecule is [C-]#[N+]CCNC(=O)C1=C(O)C2=NC=C(Cc3ccc(F)cc3)C3OC(C(=O)N4CCCCC4)=C[N+](=C23)C1=O. The van der Waals surface area contributed by atoms with Gasteiger partial charge in [0.15, 0.2) is 17.0 Å². The van der Waals surface area contributed by atoms with Gasteiger partial charge in [0.2, 0.25) is 18.8 Å². The van der Waals surface area contributed by atoms with E-state index in [4.69, 9.17) is 11.3 Å². The number of allylic oxidation sites excluding steroid dienone is 1. The van der Waals surface area contributed by atoms with Gasteiger partial charge in [-0.15, -0.1) is 4.58 Å². The molecule has 1 atom stereocenters. The fourth-order valence-corrected chi connectivity index (χ4v) is 4.84. The standard InChI is InChI=1S/C27H24FN5O5/c1-29-9-10-30-25(35)20-23(34)21-22-24(17(14-31-21)13-16-5-7-18(28)8-6-16)38-19(15-33(22)27(20)37)26(36)32-11-3-2-4-12-32/h5-8,14-15,24H,2-4,9-13H2,(H-,30,34,35,37)/p+1. The molecule has 10 nitrogen and oxygen atoms in total. The average molecular weight is 519 g/mol. The normalized spacial score (nSPS) is 20.5. The zero-order valence-corrected chi connectivity index (χ0v) is 20.4. The van der Waals surface area contributed by atoms with Crippen LogP contribution < -0.4 is 5.32 Å². The highest BCUT2D eigenvalue weighted by Crippen LogP contribution is 2.31. The lowest BCUT2D eigenvalue weighted by Crippen LogP contribution is -2.52. The Kier molecular flexibility index (Phi) is 6.87. The maximum Gasteiger partial charge on any atom is 0.434 e. The summed E-state index contributed by atoms with van der Waals surface area (Å²) < 4.78 is 20.8. The van der Waals surface area contributed by atoms with E-state index < -0.39 is 29.3 Å². The van der Waals surface area contributed by atoms with Gasteiger partial charge in [-0.1, -0.05) is 12.1 Å². The summed E-state index contributed by atoms with van der Waals surface area (Å²) in [5.41, 5.74) is 0.985. The Morgan fingerprint density at radius 1 is 1.24 bits per heavy atom. The van der Waals surface area contributed by atoms with Crippen LogP contribution in [0.5, 0.6) is 0 Å². The molecule has 0 aromatic heterocycles. The molecule has 4 heterocycles. The summed E-state index contributed by atoms with van der Waals surface area (Å²) >= 11 is 0. The molecule has 194 valence electrons. The van der Waals surface area contributed by atoms with Gasteiger partial charge in [0.1, 0.15) is 5.82 Å². The molecule has 4 aliphatic rings. The molecular formula is C27H25FN5O5+. The molecule has 0 radical (unpaired) electrons. The minimum Gasteiger partial charge on any atom is -0.504 e. The largest absolute Gasteiger partial charge is 0.504 e. The summed E-state index contributed by atoms with van der Waals surface area (Å²) in [5.74, 6) is -3.10. The van der Waals surface area contributed by atoms with Gasteiger partial charge in [0.25, 0.3) is 23.3 Å². The molecule has 1 aromatic rings. The van der Waals surface area contributed by atoms with Gasteiger partial charge < -0.3 is 24.9 Å². The predicted molar refractivity (Wildman–Crippen MR) is 133 cm³/mol. The average Bonchev–Trinajstić information content (AvgIpc) is 2.93. The highest BCUT2D eigenvalue weighted by molar-refractivity contribution is 6.52. The van der Waals surface area contributed by atoms with Crippen molar-refractivity contribution in [2.75, 3.05) is 26.2 Å². The third-order valence-electron chi connectivity index (χ3n) is 6.74. The van der Waals surface area contributed by atoms with E-state index in [0.29, 0.717) is 18.7 Å². The third kappa shape index (κ3) is 4.61. The second-order valence-electron chi connectivity index (χ2n) is 9.25. The van der Waals surface area contributed by atoms with Gasteiger partial charge in [-0.2, -0.15) is 0 Å². The maximum absolute atomic E-state index is 13.5. The Hall–Kier alpha value is -4.59.